The van der Waals surface area contributed by atoms with Crippen molar-refractivity contribution in [3.63, 3.8) is 0 Å². The molecule has 0 spiro atoms. The third-order valence-electron chi connectivity index (χ3n) is 5.92. The summed E-state index contributed by atoms with van der Waals surface area (Å²) in [5.41, 5.74) is 1.49. The lowest BCUT2D eigenvalue weighted by molar-refractivity contribution is -0.128. The van der Waals surface area contributed by atoms with Crippen molar-refractivity contribution in [3.05, 3.63) is 36.0 Å². The molecule has 1 amide bonds. The number of unbranched alkanes of at least 4 members (excludes halogenated alkanes) is 1. The van der Waals surface area contributed by atoms with Crippen LogP contribution < -0.4 is 0 Å². The van der Waals surface area contributed by atoms with E-state index in [-0.39, 0.29) is 17.9 Å². The van der Waals surface area contributed by atoms with E-state index in [0.29, 0.717) is 24.7 Å². The number of hydrogen-bond acceptors (Lipinski definition) is 3. The molecule has 0 bridgehead atoms. The summed E-state index contributed by atoms with van der Waals surface area (Å²) in [4.78, 5) is 13.3. The highest BCUT2D eigenvalue weighted by Gasteiger charge is 2.43. The van der Waals surface area contributed by atoms with Crippen LogP contribution in [-0.4, -0.2) is 47.3 Å². The van der Waals surface area contributed by atoms with Gasteiger partial charge < -0.3 is 15.1 Å². The van der Waals surface area contributed by atoms with Crippen LogP contribution in [0.2, 0.25) is 0 Å². The van der Waals surface area contributed by atoms with E-state index in [1.54, 1.807) is 19.0 Å². The molecule has 1 fully saturated rings. The molecule has 0 saturated heterocycles. The number of nitrogens with zero attached hydrogens (tertiary/aromatic N) is 1. The van der Waals surface area contributed by atoms with Gasteiger partial charge in [-0.3, -0.25) is 4.79 Å². The molecule has 1 saturated carbocycles. The average molecular weight is 376 g/mol. The first-order chi connectivity index (χ1) is 12.9. The van der Waals surface area contributed by atoms with Crippen LogP contribution in [0.1, 0.15) is 58.3 Å². The minimum absolute atomic E-state index is 0.142. The van der Waals surface area contributed by atoms with Gasteiger partial charge in [-0.1, -0.05) is 42.9 Å². The predicted octanol–water partition coefficient (Wildman–Crippen LogP) is 3.85. The molecule has 2 aliphatic carbocycles. The van der Waals surface area contributed by atoms with Crippen LogP contribution in [0.5, 0.6) is 0 Å². The fourth-order valence-corrected chi connectivity index (χ4v) is 4.38. The van der Waals surface area contributed by atoms with Crippen LogP contribution in [0.4, 0.5) is 0 Å². The van der Waals surface area contributed by atoms with Gasteiger partial charge in [0.25, 0.3) is 0 Å². The summed E-state index contributed by atoms with van der Waals surface area (Å²) in [7, 11) is 3.61. The number of allylic oxidation sites excluding steroid dienone is 3. The number of carbonyl (C=O) groups excluding carboxylic acids is 1. The standard InChI is InChI=1S/C23H37NO3/c1-4-5-6-10-19(25)12-13-20-21-15-17(14-18(21)16-22(20)26)9-7-8-11-23(27)24(2)3/h5-6,12-14,18-22,25-26H,4,7-11,15-16H2,1-3H3/t18-,19+,20+,21-,22+/m0/s1. The average Bonchev–Trinajstić information content (AvgIpc) is 3.13. The SMILES string of the molecule is CCC=CC[C@@H](O)C=C[C@@H]1[C@H]2CC(CCCCC(=O)N(C)C)=C[C@H]2C[C@H]1O. The van der Waals surface area contributed by atoms with Crippen molar-refractivity contribution >= 4 is 5.91 Å². The third kappa shape index (κ3) is 6.62. The summed E-state index contributed by atoms with van der Waals surface area (Å²) in [5.74, 6) is 1.27. The summed E-state index contributed by atoms with van der Waals surface area (Å²) in [6, 6.07) is 0. The predicted molar refractivity (Wildman–Crippen MR) is 110 cm³/mol. The van der Waals surface area contributed by atoms with Crippen LogP contribution in [0.15, 0.2) is 36.0 Å². The molecule has 2 rings (SSSR count). The molecule has 0 aromatic rings. The molecule has 0 aromatic heterocycles. The van der Waals surface area contributed by atoms with E-state index >= 15 is 0 Å². The van der Waals surface area contributed by atoms with Crippen molar-refractivity contribution in [2.75, 3.05) is 14.1 Å². The van der Waals surface area contributed by atoms with Crippen molar-refractivity contribution in [3.8, 4) is 0 Å². The van der Waals surface area contributed by atoms with E-state index in [0.717, 1.165) is 38.5 Å². The Balaban J connectivity index is 1.78. The molecule has 152 valence electrons. The highest BCUT2D eigenvalue weighted by Crippen LogP contribution is 2.48. The second-order valence-electron chi connectivity index (χ2n) is 8.30. The molecule has 27 heavy (non-hydrogen) atoms. The minimum Gasteiger partial charge on any atom is -0.392 e. The van der Waals surface area contributed by atoms with E-state index in [1.165, 1.54) is 5.57 Å². The van der Waals surface area contributed by atoms with E-state index in [9.17, 15) is 15.0 Å². The van der Waals surface area contributed by atoms with Gasteiger partial charge in [0, 0.05) is 26.4 Å². The Morgan fingerprint density at radius 1 is 1.33 bits per heavy atom. The molecule has 2 N–H and O–H groups in total. The molecule has 0 aliphatic heterocycles. The smallest absolute Gasteiger partial charge is 0.222 e. The zero-order valence-electron chi connectivity index (χ0n) is 17.2. The first kappa shape index (κ1) is 21.9. The van der Waals surface area contributed by atoms with Crippen molar-refractivity contribution in [2.45, 2.75) is 70.5 Å². The Hall–Kier alpha value is -1.39. The number of hydrogen-bond donors (Lipinski definition) is 2. The molecule has 5 atom stereocenters. The largest absolute Gasteiger partial charge is 0.392 e. The molecule has 0 heterocycles. The summed E-state index contributed by atoms with van der Waals surface area (Å²) in [6.45, 7) is 2.08. The molecular formula is C23H37NO3. The van der Waals surface area contributed by atoms with Gasteiger partial charge in [-0.05, 0) is 56.8 Å². The van der Waals surface area contributed by atoms with E-state index in [1.807, 2.05) is 18.2 Å². The number of amides is 1. The Labute approximate surface area is 164 Å². The number of fused-ring (bicyclic) bond motifs is 1. The van der Waals surface area contributed by atoms with E-state index in [2.05, 4.69) is 19.1 Å². The highest BCUT2D eigenvalue weighted by molar-refractivity contribution is 5.75. The summed E-state index contributed by atoms with van der Waals surface area (Å²) in [5, 5.41) is 20.5. The maximum atomic E-state index is 11.6. The normalized spacial score (nSPS) is 28.7. The summed E-state index contributed by atoms with van der Waals surface area (Å²) < 4.78 is 0. The van der Waals surface area contributed by atoms with Crippen LogP contribution in [0.25, 0.3) is 0 Å². The monoisotopic (exact) mass is 375 g/mol. The van der Waals surface area contributed by atoms with Crippen LogP contribution >= 0.6 is 0 Å². The lowest BCUT2D eigenvalue weighted by atomic mass is 9.88. The summed E-state index contributed by atoms with van der Waals surface area (Å²) >= 11 is 0. The topological polar surface area (TPSA) is 60.8 Å². The van der Waals surface area contributed by atoms with Crippen molar-refractivity contribution in [1.82, 2.24) is 4.90 Å². The fourth-order valence-electron chi connectivity index (χ4n) is 4.38. The molecule has 0 aromatic carbocycles. The van der Waals surface area contributed by atoms with E-state index in [4.69, 9.17) is 0 Å². The van der Waals surface area contributed by atoms with Crippen LogP contribution in [0.3, 0.4) is 0 Å². The van der Waals surface area contributed by atoms with Gasteiger partial charge >= 0.3 is 0 Å². The Bertz CT molecular complexity index is 564. The second kappa shape index (κ2) is 10.8. The number of aliphatic hydroxyl groups excluding tert-OH is 2. The number of rotatable bonds is 10. The van der Waals surface area contributed by atoms with Gasteiger partial charge in [0.05, 0.1) is 12.2 Å². The van der Waals surface area contributed by atoms with Crippen molar-refractivity contribution in [2.24, 2.45) is 17.8 Å². The van der Waals surface area contributed by atoms with Gasteiger partial charge in [0.15, 0.2) is 0 Å². The van der Waals surface area contributed by atoms with Gasteiger partial charge in [-0.15, -0.1) is 0 Å². The van der Waals surface area contributed by atoms with Gasteiger partial charge in [-0.25, -0.2) is 0 Å². The first-order valence-electron chi connectivity index (χ1n) is 10.5. The molecule has 0 unspecified atom stereocenters. The lowest BCUT2D eigenvalue weighted by Gasteiger charge is -2.18. The molecular weight excluding hydrogens is 338 g/mol. The zero-order valence-corrected chi connectivity index (χ0v) is 17.2. The maximum absolute atomic E-state index is 11.6. The van der Waals surface area contributed by atoms with Gasteiger partial charge in [-0.2, -0.15) is 0 Å². The molecule has 4 nitrogen and oxygen atoms in total. The van der Waals surface area contributed by atoms with Crippen molar-refractivity contribution < 1.29 is 15.0 Å². The second-order valence-corrected chi connectivity index (χ2v) is 8.30. The quantitative estimate of drug-likeness (QED) is 0.450. The first-order valence-corrected chi connectivity index (χ1v) is 10.5. The van der Waals surface area contributed by atoms with Gasteiger partial charge in [0.1, 0.15) is 0 Å². The summed E-state index contributed by atoms with van der Waals surface area (Å²) in [6.07, 6.45) is 16.8. The Morgan fingerprint density at radius 2 is 2.11 bits per heavy atom. The fraction of sp³-hybridized carbons (Fsp3) is 0.696. The third-order valence-corrected chi connectivity index (χ3v) is 5.92. The Kier molecular flexibility index (Phi) is 8.78. The molecule has 4 heteroatoms. The highest BCUT2D eigenvalue weighted by atomic mass is 16.3. The molecule has 0 radical (unpaired) electrons. The Morgan fingerprint density at radius 3 is 2.81 bits per heavy atom. The van der Waals surface area contributed by atoms with Crippen molar-refractivity contribution in [1.29, 1.82) is 0 Å². The minimum atomic E-state index is -0.470. The van der Waals surface area contributed by atoms with Crippen LogP contribution in [0, 0.1) is 17.8 Å². The maximum Gasteiger partial charge on any atom is 0.222 e. The number of carbonyl (C=O) groups is 1. The van der Waals surface area contributed by atoms with Gasteiger partial charge in [0.2, 0.25) is 5.91 Å². The number of aliphatic hydroxyl groups is 2. The lowest BCUT2D eigenvalue weighted by Crippen LogP contribution is -2.21. The molecule has 2 aliphatic rings. The zero-order chi connectivity index (χ0) is 19.8. The van der Waals surface area contributed by atoms with Crippen LogP contribution in [-0.2, 0) is 4.79 Å². The van der Waals surface area contributed by atoms with E-state index < -0.39 is 6.10 Å².